The van der Waals surface area contributed by atoms with E-state index < -0.39 is 0 Å². The van der Waals surface area contributed by atoms with Crippen LogP contribution in [-0.2, 0) is 4.79 Å². The second-order valence-corrected chi connectivity index (χ2v) is 5.30. The van der Waals surface area contributed by atoms with Crippen molar-refractivity contribution in [2.45, 2.75) is 0 Å². The van der Waals surface area contributed by atoms with E-state index in [0.717, 1.165) is 23.8 Å². The maximum absolute atomic E-state index is 12.5. The molecule has 0 N–H and O–H groups in total. The van der Waals surface area contributed by atoms with Crippen LogP contribution in [0.1, 0.15) is 5.56 Å². The molecule has 22 heavy (non-hydrogen) atoms. The molecular weight excluding hydrogens is 274 g/mol. The molecule has 108 valence electrons. The Morgan fingerprint density at radius 3 is 2.23 bits per heavy atom. The van der Waals surface area contributed by atoms with Crippen LogP contribution in [0.2, 0.25) is 0 Å². The summed E-state index contributed by atoms with van der Waals surface area (Å²) in [5, 5.41) is 0. The minimum absolute atomic E-state index is 0.0164. The first-order valence-corrected chi connectivity index (χ1v) is 7.33. The zero-order valence-electron chi connectivity index (χ0n) is 12.0. The van der Waals surface area contributed by atoms with Crippen LogP contribution in [-0.4, -0.2) is 29.9 Å². The van der Waals surface area contributed by atoms with Crippen molar-refractivity contribution in [3.05, 3.63) is 71.9 Å². The zero-order valence-corrected chi connectivity index (χ0v) is 12.0. The largest absolute Gasteiger partial charge is 0.310 e. The van der Waals surface area contributed by atoms with Crippen molar-refractivity contribution in [1.82, 2.24) is 4.90 Å². The number of carbonyl (C=O) groups excluding carboxylic acids is 1. The summed E-state index contributed by atoms with van der Waals surface area (Å²) in [6.45, 7) is 1.46. The number of carbonyl (C=O) groups is 1. The summed E-state index contributed by atoms with van der Waals surface area (Å²) in [6.07, 6.45) is 1.84. The first kappa shape index (κ1) is 12.8. The highest BCUT2D eigenvalue weighted by atomic mass is 16.2. The van der Waals surface area contributed by atoms with Gasteiger partial charge in [0.2, 0.25) is 5.96 Å². The Labute approximate surface area is 129 Å². The van der Waals surface area contributed by atoms with E-state index >= 15 is 0 Å². The van der Waals surface area contributed by atoms with Gasteiger partial charge in [-0.1, -0.05) is 48.5 Å². The van der Waals surface area contributed by atoms with Crippen molar-refractivity contribution < 1.29 is 4.79 Å². The maximum Gasteiger partial charge on any atom is 0.279 e. The van der Waals surface area contributed by atoms with E-state index in [0.29, 0.717) is 12.2 Å². The summed E-state index contributed by atoms with van der Waals surface area (Å²) < 4.78 is 0. The van der Waals surface area contributed by atoms with Gasteiger partial charge in [-0.3, -0.25) is 9.69 Å². The number of amides is 1. The highest BCUT2D eigenvalue weighted by molar-refractivity contribution is 6.19. The summed E-state index contributed by atoms with van der Waals surface area (Å²) >= 11 is 0. The molecule has 1 saturated heterocycles. The first-order valence-electron chi connectivity index (χ1n) is 7.33. The number of hydrogen-bond donors (Lipinski definition) is 0. The number of guanidine groups is 1. The lowest BCUT2D eigenvalue weighted by Gasteiger charge is -2.17. The summed E-state index contributed by atoms with van der Waals surface area (Å²) in [4.78, 5) is 20.9. The monoisotopic (exact) mass is 289 g/mol. The van der Waals surface area contributed by atoms with Gasteiger partial charge in [0.1, 0.15) is 5.70 Å². The molecule has 4 nitrogen and oxygen atoms in total. The van der Waals surface area contributed by atoms with E-state index in [1.807, 2.05) is 66.7 Å². The molecule has 0 unspecified atom stereocenters. The van der Waals surface area contributed by atoms with Crippen LogP contribution in [0.15, 0.2) is 71.4 Å². The van der Waals surface area contributed by atoms with E-state index in [9.17, 15) is 4.79 Å². The molecule has 4 heteroatoms. The average molecular weight is 289 g/mol. The molecule has 0 bridgehead atoms. The molecule has 2 heterocycles. The van der Waals surface area contributed by atoms with Crippen molar-refractivity contribution in [2.24, 2.45) is 4.99 Å². The van der Waals surface area contributed by atoms with Gasteiger partial charge < -0.3 is 4.90 Å². The van der Waals surface area contributed by atoms with Crippen molar-refractivity contribution in [3.63, 3.8) is 0 Å². The highest BCUT2D eigenvalue weighted by Gasteiger charge is 2.38. The number of benzene rings is 2. The van der Waals surface area contributed by atoms with E-state index in [2.05, 4.69) is 9.89 Å². The van der Waals surface area contributed by atoms with Gasteiger partial charge in [-0.15, -0.1) is 0 Å². The number of anilines is 1. The molecule has 0 aliphatic carbocycles. The van der Waals surface area contributed by atoms with Gasteiger partial charge in [-0.25, -0.2) is 4.99 Å². The Morgan fingerprint density at radius 1 is 0.864 bits per heavy atom. The lowest BCUT2D eigenvalue weighted by atomic mass is 10.2. The summed E-state index contributed by atoms with van der Waals surface area (Å²) in [6, 6.07) is 19.9. The van der Waals surface area contributed by atoms with Crippen LogP contribution >= 0.6 is 0 Å². The van der Waals surface area contributed by atoms with Crippen LogP contribution < -0.4 is 4.90 Å². The van der Waals surface area contributed by atoms with Crippen molar-refractivity contribution in [1.29, 1.82) is 0 Å². The summed E-state index contributed by atoms with van der Waals surface area (Å²) in [5.41, 5.74) is 2.56. The Morgan fingerprint density at radius 2 is 1.50 bits per heavy atom. The molecule has 0 radical (unpaired) electrons. The average Bonchev–Trinajstić information content (AvgIpc) is 3.11. The van der Waals surface area contributed by atoms with Crippen molar-refractivity contribution >= 4 is 23.6 Å². The molecule has 0 atom stereocenters. The van der Waals surface area contributed by atoms with Crippen LogP contribution in [0.5, 0.6) is 0 Å². The molecule has 0 spiro atoms. The maximum atomic E-state index is 12.5. The van der Waals surface area contributed by atoms with Crippen LogP contribution in [0.25, 0.3) is 6.08 Å². The Hall–Kier alpha value is -2.88. The summed E-state index contributed by atoms with van der Waals surface area (Å²) in [5.74, 6) is 0.718. The van der Waals surface area contributed by atoms with Crippen LogP contribution in [0.3, 0.4) is 0 Å². The van der Waals surface area contributed by atoms with Crippen LogP contribution in [0, 0.1) is 0 Å². The number of rotatable bonds is 2. The fraction of sp³-hybridized carbons (Fsp3) is 0.111. The zero-order chi connectivity index (χ0) is 14.9. The second-order valence-electron chi connectivity index (χ2n) is 5.30. The quantitative estimate of drug-likeness (QED) is 0.797. The number of fused-ring (bicyclic) bond motifs is 1. The highest BCUT2D eigenvalue weighted by Crippen LogP contribution is 2.27. The van der Waals surface area contributed by atoms with Crippen LogP contribution in [0.4, 0.5) is 5.69 Å². The van der Waals surface area contributed by atoms with E-state index in [-0.39, 0.29) is 5.91 Å². The van der Waals surface area contributed by atoms with E-state index in [1.165, 1.54) is 0 Å². The van der Waals surface area contributed by atoms with Crippen molar-refractivity contribution in [3.8, 4) is 0 Å². The van der Waals surface area contributed by atoms with Gasteiger partial charge in [0.25, 0.3) is 5.91 Å². The normalized spacial score (nSPS) is 18.8. The summed E-state index contributed by atoms with van der Waals surface area (Å²) in [7, 11) is 0. The van der Waals surface area contributed by atoms with E-state index in [1.54, 1.807) is 4.90 Å². The predicted octanol–water partition coefficient (Wildman–Crippen LogP) is 2.75. The molecule has 2 aliphatic rings. The van der Waals surface area contributed by atoms with Crippen molar-refractivity contribution in [2.75, 3.05) is 18.0 Å². The molecule has 2 aromatic carbocycles. The third kappa shape index (κ3) is 2.09. The Kier molecular flexibility index (Phi) is 3.00. The molecule has 0 saturated carbocycles. The molecular formula is C18H15N3O. The molecule has 4 rings (SSSR count). The topological polar surface area (TPSA) is 35.9 Å². The van der Waals surface area contributed by atoms with Gasteiger partial charge in [0.05, 0.1) is 0 Å². The smallest absolute Gasteiger partial charge is 0.279 e. The van der Waals surface area contributed by atoms with Gasteiger partial charge in [0.15, 0.2) is 0 Å². The fourth-order valence-corrected chi connectivity index (χ4v) is 2.81. The second kappa shape index (κ2) is 5.15. The molecule has 0 aromatic heterocycles. The number of aliphatic imine (C=N–C) groups is 1. The Balaban J connectivity index is 1.70. The van der Waals surface area contributed by atoms with Gasteiger partial charge in [0, 0.05) is 18.8 Å². The lowest BCUT2D eigenvalue weighted by Crippen LogP contribution is -2.32. The SMILES string of the molecule is O=C1/C(=C/c2ccccc2)N=C2N1CCN2c1ccccc1. The third-order valence-corrected chi connectivity index (χ3v) is 3.89. The third-order valence-electron chi connectivity index (χ3n) is 3.89. The molecule has 1 fully saturated rings. The minimum Gasteiger partial charge on any atom is -0.310 e. The van der Waals surface area contributed by atoms with Gasteiger partial charge in [-0.2, -0.15) is 0 Å². The predicted molar refractivity (Wildman–Crippen MR) is 87.4 cm³/mol. The fourth-order valence-electron chi connectivity index (χ4n) is 2.81. The number of nitrogens with zero attached hydrogens (tertiary/aromatic N) is 3. The lowest BCUT2D eigenvalue weighted by molar-refractivity contribution is -0.122. The first-order chi connectivity index (χ1) is 10.8. The van der Waals surface area contributed by atoms with Gasteiger partial charge >= 0.3 is 0 Å². The Bertz CT molecular complexity index is 765. The molecule has 1 amide bonds. The number of para-hydroxylation sites is 1. The number of hydrogen-bond acceptors (Lipinski definition) is 3. The standard InChI is InChI=1S/C18H15N3O/c22-17-16(13-14-7-3-1-4-8-14)19-18-20(11-12-21(17)18)15-9-5-2-6-10-15/h1-10,13H,11-12H2/b16-13-. The van der Waals surface area contributed by atoms with E-state index in [4.69, 9.17) is 0 Å². The van der Waals surface area contributed by atoms with Gasteiger partial charge in [-0.05, 0) is 23.8 Å². The molecule has 2 aliphatic heterocycles. The minimum atomic E-state index is -0.0164. The molecule has 2 aromatic rings.